The van der Waals surface area contributed by atoms with Gasteiger partial charge >= 0.3 is 5.97 Å². The van der Waals surface area contributed by atoms with Gasteiger partial charge in [0.05, 0.1) is 0 Å². The maximum atomic E-state index is 13.4. The zero-order valence-corrected chi connectivity index (χ0v) is 20.7. The van der Waals surface area contributed by atoms with Crippen LogP contribution in [0.4, 0.5) is 0 Å². The van der Waals surface area contributed by atoms with Crippen LogP contribution in [0, 0.1) is 35.5 Å². The van der Waals surface area contributed by atoms with E-state index in [0.717, 1.165) is 82.8 Å². The molecule has 30 heavy (non-hydrogen) atoms. The van der Waals surface area contributed by atoms with E-state index in [0.29, 0.717) is 18.4 Å². The quantitative estimate of drug-likeness (QED) is 0.470. The van der Waals surface area contributed by atoms with Crippen molar-refractivity contribution in [1.29, 1.82) is 0 Å². The summed E-state index contributed by atoms with van der Waals surface area (Å²) in [6.07, 6.45) is 8.31. The zero-order valence-electron chi connectivity index (χ0n) is 20.7. The predicted molar refractivity (Wildman–Crippen MR) is 124 cm³/mol. The molecule has 0 spiro atoms. The second kappa shape index (κ2) is 11.9. The fourth-order valence-corrected chi connectivity index (χ4v) is 6.04. The number of rotatable bonds is 10. The van der Waals surface area contributed by atoms with E-state index in [4.69, 9.17) is 4.74 Å². The lowest BCUT2D eigenvalue weighted by Crippen LogP contribution is -2.55. The lowest BCUT2D eigenvalue weighted by molar-refractivity contribution is -0.186. The third kappa shape index (κ3) is 6.22. The molecule has 0 bridgehead atoms. The summed E-state index contributed by atoms with van der Waals surface area (Å²) in [7, 11) is 0. The lowest BCUT2D eigenvalue weighted by Gasteiger charge is -2.46. The van der Waals surface area contributed by atoms with Gasteiger partial charge in [0.15, 0.2) is 5.60 Å². The Morgan fingerprint density at radius 2 is 1.27 bits per heavy atom. The van der Waals surface area contributed by atoms with E-state index < -0.39 is 5.60 Å². The number of nitrogens with zero attached hydrogens (tertiary/aromatic N) is 1. The molecule has 176 valence electrons. The Morgan fingerprint density at radius 1 is 0.867 bits per heavy atom. The summed E-state index contributed by atoms with van der Waals surface area (Å²) < 4.78 is 5.77. The monoisotopic (exact) mass is 423 g/mol. The number of likely N-dealkylation sites (N-methyl/N-ethyl adjacent to an activating group) is 1. The summed E-state index contributed by atoms with van der Waals surface area (Å²) in [4.78, 5) is 15.6. The van der Waals surface area contributed by atoms with E-state index >= 15 is 0 Å². The highest BCUT2D eigenvalue weighted by atomic mass is 16.5. The standard InChI is InChI=1S/C26H49NO3/c1-7-27(8-2)17-18-30-25(28)26(29,23-13-9-21(10-14-23)19(3)4)24-15-11-22(12-16-24)20(5)6/h19-24,29H,7-18H2,1-6H3. The molecular formula is C26H49NO3. The molecule has 1 N–H and O–H groups in total. The van der Waals surface area contributed by atoms with Gasteiger partial charge in [-0.05, 0) is 100.0 Å². The van der Waals surface area contributed by atoms with Gasteiger partial charge in [-0.2, -0.15) is 0 Å². The van der Waals surface area contributed by atoms with Crippen molar-refractivity contribution in [2.45, 2.75) is 98.5 Å². The Balaban J connectivity index is 2.09. The molecule has 2 rings (SSSR count). The van der Waals surface area contributed by atoms with Crippen molar-refractivity contribution in [1.82, 2.24) is 4.90 Å². The van der Waals surface area contributed by atoms with Gasteiger partial charge in [-0.15, -0.1) is 0 Å². The van der Waals surface area contributed by atoms with Gasteiger partial charge < -0.3 is 14.7 Å². The number of hydrogen-bond acceptors (Lipinski definition) is 4. The fraction of sp³-hybridized carbons (Fsp3) is 0.962. The average Bonchev–Trinajstić information content (AvgIpc) is 2.76. The molecule has 0 aromatic heterocycles. The molecule has 0 aromatic carbocycles. The average molecular weight is 424 g/mol. The van der Waals surface area contributed by atoms with Crippen LogP contribution in [0.1, 0.15) is 92.9 Å². The summed E-state index contributed by atoms with van der Waals surface area (Å²) in [5.41, 5.74) is -1.30. The summed E-state index contributed by atoms with van der Waals surface area (Å²) in [5.74, 6) is 2.57. The van der Waals surface area contributed by atoms with Crippen molar-refractivity contribution in [2.75, 3.05) is 26.2 Å². The van der Waals surface area contributed by atoms with Crippen LogP contribution in [0.2, 0.25) is 0 Å². The second-order valence-electron chi connectivity index (χ2n) is 10.7. The van der Waals surface area contributed by atoms with Crippen molar-refractivity contribution in [2.24, 2.45) is 35.5 Å². The molecule has 0 aromatic rings. The van der Waals surface area contributed by atoms with Gasteiger partial charge in [-0.25, -0.2) is 4.79 Å². The molecule has 4 nitrogen and oxygen atoms in total. The topological polar surface area (TPSA) is 49.8 Å². The third-order valence-electron chi connectivity index (χ3n) is 8.54. The van der Waals surface area contributed by atoms with Crippen molar-refractivity contribution >= 4 is 5.97 Å². The van der Waals surface area contributed by atoms with Crippen molar-refractivity contribution in [3.63, 3.8) is 0 Å². The van der Waals surface area contributed by atoms with Gasteiger partial charge in [0.1, 0.15) is 6.61 Å². The molecule has 0 atom stereocenters. The van der Waals surface area contributed by atoms with Gasteiger partial charge in [0, 0.05) is 6.54 Å². The van der Waals surface area contributed by atoms with E-state index in [-0.39, 0.29) is 17.8 Å². The van der Waals surface area contributed by atoms with E-state index in [9.17, 15) is 9.90 Å². The number of ether oxygens (including phenoxy) is 1. The van der Waals surface area contributed by atoms with Gasteiger partial charge in [-0.3, -0.25) is 0 Å². The Labute approximate surface area is 186 Å². The fourth-order valence-electron chi connectivity index (χ4n) is 6.04. The molecule has 2 saturated carbocycles. The number of carbonyl (C=O) groups excluding carboxylic acids is 1. The van der Waals surface area contributed by atoms with Crippen LogP contribution in [0.5, 0.6) is 0 Å². The molecule has 2 aliphatic carbocycles. The van der Waals surface area contributed by atoms with E-state index in [1.807, 2.05) is 0 Å². The Hall–Kier alpha value is -0.610. The number of carbonyl (C=O) groups is 1. The first kappa shape index (κ1) is 25.6. The van der Waals surface area contributed by atoms with Crippen LogP contribution in [0.3, 0.4) is 0 Å². The first-order chi connectivity index (χ1) is 14.2. The van der Waals surface area contributed by atoms with Crippen LogP contribution >= 0.6 is 0 Å². The molecule has 0 aliphatic heterocycles. The molecule has 0 unspecified atom stereocenters. The largest absolute Gasteiger partial charge is 0.462 e. The normalized spacial score (nSPS) is 29.9. The van der Waals surface area contributed by atoms with Crippen molar-refractivity contribution in [3.8, 4) is 0 Å². The molecular weight excluding hydrogens is 374 g/mol. The van der Waals surface area contributed by atoms with Crippen LogP contribution in [-0.4, -0.2) is 47.8 Å². The highest BCUT2D eigenvalue weighted by molar-refractivity contribution is 5.80. The highest BCUT2D eigenvalue weighted by Gasteiger charge is 2.52. The second-order valence-corrected chi connectivity index (χ2v) is 10.7. The van der Waals surface area contributed by atoms with Crippen LogP contribution in [-0.2, 0) is 9.53 Å². The smallest absolute Gasteiger partial charge is 0.338 e. The molecule has 0 heterocycles. The van der Waals surface area contributed by atoms with Crippen LogP contribution in [0.25, 0.3) is 0 Å². The van der Waals surface area contributed by atoms with E-state index in [2.05, 4.69) is 46.4 Å². The third-order valence-corrected chi connectivity index (χ3v) is 8.54. The minimum atomic E-state index is -1.30. The van der Waals surface area contributed by atoms with Gasteiger partial charge in [0.2, 0.25) is 0 Å². The SMILES string of the molecule is CCN(CC)CCOC(=O)C(O)(C1CCC(C(C)C)CC1)C1CCC(C(C)C)CC1. The Morgan fingerprint density at radius 3 is 1.60 bits per heavy atom. The first-order valence-electron chi connectivity index (χ1n) is 12.9. The van der Waals surface area contributed by atoms with Crippen LogP contribution in [0.15, 0.2) is 0 Å². The van der Waals surface area contributed by atoms with E-state index in [1.165, 1.54) is 0 Å². The minimum Gasteiger partial charge on any atom is -0.462 e. The predicted octanol–water partition coefficient (Wildman–Crippen LogP) is 5.53. The first-order valence-corrected chi connectivity index (χ1v) is 12.9. The maximum Gasteiger partial charge on any atom is 0.338 e. The molecule has 2 aliphatic rings. The minimum absolute atomic E-state index is 0.0500. The number of aliphatic hydroxyl groups is 1. The lowest BCUT2D eigenvalue weighted by atomic mass is 9.62. The number of esters is 1. The summed E-state index contributed by atoms with van der Waals surface area (Å²) in [5, 5.41) is 12.0. The Bertz CT molecular complexity index is 470. The molecule has 0 saturated heterocycles. The Kier molecular flexibility index (Phi) is 10.1. The summed E-state index contributed by atoms with van der Waals surface area (Å²) in [6, 6.07) is 0. The summed E-state index contributed by atoms with van der Waals surface area (Å²) in [6.45, 7) is 16.5. The molecule has 4 heteroatoms. The van der Waals surface area contributed by atoms with Crippen molar-refractivity contribution in [3.05, 3.63) is 0 Å². The molecule has 0 amide bonds. The summed E-state index contributed by atoms with van der Waals surface area (Å²) >= 11 is 0. The van der Waals surface area contributed by atoms with Crippen LogP contribution < -0.4 is 0 Å². The van der Waals surface area contributed by atoms with E-state index in [1.54, 1.807) is 0 Å². The molecule has 0 radical (unpaired) electrons. The van der Waals surface area contributed by atoms with Gasteiger partial charge in [-0.1, -0.05) is 41.5 Å². The maximum absolute atomic E-state index is 13.4. The van der Waals surface area contributed by atoms with Gasteiger partial charge in [0.25, 0.3) is 0 Å². The zero-order chi connectivity index (χ0) is 22.3. The van der Waals surface area contributed by atoms with Crippen molar-refractivity contribution < 1.29 is 14.6 Å². The number of hydrogen-bond donors (Lipinski definition) is 1. The molecule has 2 fully saturated rings. The highest BCUT2D eigenvalue weighted by Crippen LogP contribution is 2.47.